The van der Waals surface area contributed by atoms with E-state index in [0.717, 1.165) is 3.79 Å². The Morgan fingerprint density at radius 2 is 2.00 bits per heavy atom. The van der Waals surface area contributed by atoms with Crippen LogP contribution in [0.2, 0.25) is 5.02 Å². The molecule has 0 unspecified atom stereocenters. The van der Waals surface area contributed by atoms with Crippen molar-refractivity contribution in [2.24, 2.45) is 5.73 Å². The van der Waals surface area contributed by atoms with Crippen molar-refractivity contribution < 1.29 is 9.59 Å². The second kappa shape index (κ2) is 5.73. The molecule has 98 valence electrons. The van der Waals surface area contributed by atoms with Crippen molar-refractivity contribution in [1.29, 1.82) is 0 Å². The Bertz CT molecular complexity index is 657. The SMILES string of the molecule is NC(=O)c1ccc(Cl)c(NC(=O)c2csc(Br)c2)c1. The molecule has 2 amide bonds. The van der Waals surface area contributed by atoms with Gasteiger partial charge in [0.15, 0.2) is 0 Å². The van der Waals surface area contributed by atoms with Gasteiger partial charge >= 0.3 is 0 Å². The van der Waals surface area contributed by atoms with E-state index in [1.165, 1.54) is 29.5 Å². The predicted octanol–water partition coefficient (Wildman–Crippen LogP) is 3.52. The number of halogens is 2. The van der Waals surface area contributed by atoms with Crippen molar-refractivity contribution in [3.05, 3.63) is 49.6 Å². The summed E-state index contributed by atoms with van der Waals surface area (Å²) < 4.78 is 0.856. The third kappa shape index (κ3) is 3.34. The van der Waals surface area contributed by atoms with Crippen LogP contribution < -0.4 is 11.1 Å². The summed E-state index contributed by atoms with van der Waals surface area (Å²) in [7, 11) is 0. The average molecular weight is 360 g/mol. The smallest absolute Gasteiger partial charge is 0.256 e. The monoisotopic (exact) mass is 358 g/mol. The molecular formula is C12H8BrClN2O2S. The summed E-state index contributed by atoms with van der Waals surface area (Å²) in [5.41, 5.74) is 6.33. The number of rotatable bonds is 3. The zero-order valence-corrected chi connectivity index (χ0v) is 12.6. The molecule has 19 heavy (non-hydrogen) atoms. The second-order valence-electron chi connectivity index (χ2n) is 3.65. The molecule has 0 spiro atoms. The van der Waals surface area contributed by atoms with Gasteiger partial charge in [0.2, 0.25) is 5.91 Å². The number of carbonyl (C=O) groups excluding carboxylic acids is 2. The van der Waals surface area contributed by atoms with Gasteiger partial charge in [-0.25, -0.2) is 0 Å². The van der Waals surface area contributed by atoms with Crippen LogP contribution in [0.5, 0.6) is 0 Å². The third-order valence-corrected chi connectivity index (χ3v) is 4.16. The quantitative estimate of drug-likeness (QED) is 0.880. The summed E-state index contributed by atoms with van der Waals surface area (Å²) >= 11 is 10.7. The second-order valence-corrected chi connectivity index (χ2v) is 6.35. The molecule has 2 rings (SSSR count). The number of hydrogen-bond acceptors (Lipinski definition) is 3. The van der Waals surface area contributed by atoms with Crippen molar-refractivity contribution in [1.82, 2.24) is 0 Å². The molecule has 7 heteroatoms. The standard InChI is InChI=1S/C12H8BrClN2O2S/c13-10-4-7(5-19-10)12(18)16-9-3-6(11(15)17)1-2-8(9)14/h1-5H,(H2,15,17)(H,16,18). The number of benzene rings is 1. The summed E-state index contributed by atoms with van der Waals surface area (Å²) in [6.07, 6.45) is 0. The molecule has 0 bridgehead atoms. The minimum Gasteiger partial charge on any atom is -0.366 e. The molecule has 0 fully saturated rings. The molecule has 0 radical (unpaired) electrons. The van der Waals surface area contributed by atoms with E-state index in [1.54, 1.807) is 11.4 Å². The fourth-order valence-electron chi connectivity index (χ4n) is 1.40. The first-order chi connectivity index (χ1) is 8.97. The Labute approximate surface area is 126 Å². The number of primary amides is 1. The Morgan fingerprint density at radius 3 is 2.58 bits per heavy atom. The molecule has 1 aromatic carbocycles. The molecule has 1 heterocycles. The lowest BCUT2D eigenvalue weighted by Crippen LogP contribution is -2.14. The number of thiophene rings is 1. The summed E-state index contributed by atoms with van der Waals surface area (Å²) in [5.74, 6) is -0.879. The van der Waals surface area contributed by atoms with Crippen molar-refractivity contribution in [2.45, 2.75) is 0 Å². The van der Waals surface area contributed by atoms with Gasteiger partial charge in [-0.3, -0.25) is 9.59 Å². The van der Waals surface area contributed by atoms with Crippen LogP contribution >= 0.6 is 38.9 Å². The Balaban J connectivity index is 2.25. The lowest BCUT2D eigenvalue weighted by molar-refractivity contribution is 0.0996. The van der Waals surface area contributed by atoms with Crippen LogP contribution in [0.15, 0.2) is 33.4 Å². The van der Waals surface area contributed by atoms with Crippen LogP contribution in [-0.4, -0.2) is 11.8 Å². The number of hydrogen-bond donors (Lipinski definition) is 2. The normalized spacial score (nSPS) is 10.2. The van der Waals surface area contributed by atoms with Crippen LogP contribution in [-0.2, 0) is 0 Å². The maximum absolute atomic E-state index is 12.0. The third-order valence-electron chi connectivity index (χ3n) is 2.33. The van der Waals surface area contributed by atoms with Crippen LogP contribution in [0.25, 0.3) is 0 Å². The summed E-state index contributed by atoms with van der Waals surface area (Å²) in [6, 6.07) is 6.16. The Kier molecular flexibility index (Phi) is 4.24. The topological polar surface area (TPSA) is 72.2 Å². The number of amides is 2. The Morgan fingerprint density at radius 1 is 1.26 bits per heavy atom. The van der Waals surface area contributed by atoms with E-state index < -0.39 is 5.91 Å². The van der Waals surface area contributed by atoms with E-state index in [2.05, 4.69) is 21.2 Å². The lowest BCUT2D eigenvalue weighted by Gasteiger charge is -2.07. The highest BCUT2D eigenvalue weighted by Crippen LogP contribution is 2.25. The highest BCUT2D eigenvalue weighted by Gasteiger charge is 2.12. The van der Waals surface area contributed by atoms with E-state index >= 15 is 0 Å². The van der Waals surface area contributed by atoms with Gasteiger partial charge in [0, 0.05) is 10.9 Å². The van der Waals surface area contributed by atoms with E-state index in [1.807, 2.05) is 0 Å². The van der Waals surface area contributed by atoms with Crippen molar-refractivity contribution in [3.63, 3.8) is 0 Å². The number of carbonyl (C=O) groups is 2. The molecular weight excluding hydrogens is 352 g/mol. The van der Waals surface area contributed by atoms with Gasteiger partial charge in [0.05, 0.1) is 20.1 Å². The van der Waals surface area contributed by atoms with Gasteiger partial charge in [-0.05, 0) is 40.2 Å². The van der Waals surface area contributed by atoms with Gasteiger partial charge in [0.1, 0.15) is 0 Å². The largest absolute Gasteiger partial charge is 0.366 e. The summed E-state index contributed by atoms with van der Waals surface area (Å²) in [6.45, 7) is 0. The minimum absolute atomic E-state index is 0.284. The highest BCUT2D eigenvalue weighted by atomic mass is 79.9. The molecule has 0 aliphatic carbocycles. The van der Waals surface area contributed by atoms with Crippen LogP contribution in [0.3, 0.4) is 0 Å². The van der Waals surface area contributed by atoms with Crippen molar-refractivity contribution in [2.75, 3.05) is 5.32 Å². The molecule has 3 N–H and O–H groups in total. The van der Waals surface area contributed by atoms with Crippen LogP contribution in [0, 0.1) is 0 Å². The average Bonchev–Trinajstić information content (AvgIpc) is 2.78. The van der Waals surface area contributed by atoms with E-state index in [0.29, 0.717) is 16.3 Å². The zero-order chi connectivity index (χ0) is 14.0. The number of nitrogens with one attached hydrogen (secondary N) is 1. The fraction of sp³-hybridized carbons (Fsp3) is 0. The molecule has 4 nitrogen and oxygen atoms in total. The Hall–Kier alpha value is -1.37. The summed E-state index contributed by atoms with van der Waals surface area (Å²) in [4.78, 5) is 23.0. The highest BCUT2D eigenvalue weighted by molar-refractivity contribution is 9.11. The molecule has 1 aromatic heterocycles. The van der Waals surface area contributed by atoms with Gasteiger partial charge in [-0.2, -0.15) is 0 Å². The zero-order valence-electron chi connectivity index (χ0n) is 9.44. The molecule has 0 aliphatic rings. The van der Waals surface area contributed by atoms with Crippen LogP contribution in [0.4, 0.5) is 5.69 Å². The van der Waals surface area contributed by atoms with E-state index in [9.17, 15) is 9.59 Å². The maximum atomic E-state index is 12.0. The fourth-order valence-corrected chi connectivity index (χ4v) is 2.70. The predicted molar refractivity (Wildman–Crippen MR) is 79.9 cm³/mol. The van der Waals surface area contributed by atoms with Crippen LogP contribution in [0.1, 0.15) is 20.7 Å². The van der Waals surface area contributed by atoms with Gasteiger partial charge in [0.25, 0.3) is 5.91 Å². The first-order valence-corrected chi connectivity index (χ1v) is 7.17. The molecule has 0 saturated carbocycles. The number of anilines is 1. The summed E-state index contributed by atoms with van der Waals surface area (Å²) in [5, 5.41) is 4.70. The molecule has 0 aliphatic heterocycles. The van der Waals surface area contributed by atoms with Gasteiger partial charge < -0.3 is 11.1 Å². The van der Waals surface area contributed by atoms with Gasteiger partial charge in [-0.1, -0.05) is 11.6 Å². The molecule has 2 aromatic rings. The lowest BCUT2D eigenvalue weighted by atomic mass is 10.2. The van der Waals surface area contributed by atoms with Crippen molar-refractivity contribution in [3.8, 4) is 0 Å². The maximum Gasteiger partial charge on any atom is 0.256 e. The minimum atomic E-state index is -0.578. The van der Waals surface area contributed by atoms with Crippen molar-refractivity contribution >= 4 is 56.4 Å². The molecule has 0 saturated heterocycles. The van der Waals surface area contributed by atoms with E-state index in [-0.39, 0.29) is 11.5 Å². The van der Waals surface area contributed by atoms with Gasteiger partial charge in [-0.15, -0.1) is 11.3 Å². The first kappa shape index (κ1) is 14.0. The number of nitrogens with two attached hydrogens (primary N) is 1. The first-order valence-electron chi connectivity index (χ1n) is 5.12. The van der Waals surface area contributed by atoms with E-state index in [4.69, 9.17) is 17.3 Å². The molecule has 0 atom stereocenters.